The third-order valence-electron chi connectivity index (χ3n) is 4.68. The zero-order chi connectivity index (χ0) is 21.1. The van der Waals surface area contributed by atoms with Crippen molar-refractivity contribution in [3.05, 3.63) is 47.4 Å². The molecule has 1 fully saturated rings. The van der Waals surface area contributed by atoms with Gasteiger partial charge in [0, 0.05) is 26.8 Å². The summed E-state index contributed by atoms with van der Waals surface area (Å²) in [5, 5.41) is 3.02. The Morgan fingerprint density at radius 3 is 2.79 bits per heavy atom. The van der Waals surface area contributed by atoms with E-state index in [0.29, 0.717) is 23.9 Å². The first-order valence-electron chi connectivity index (χ1n) is 9.31. The Balaban J connectivity index is 1.72. The summed E-state index contributed by atoms with van der Waals surface area (Å²) in [6, 6.07) is 5.98. The highest BCUT2D eigenvalue weighted by Gasteiger charge is 2.37. The van der Waals surface area contributed by atoms with Gasteiger partial charge in [-0.2, -0.15) is 4.98 Å². The number of ether oxygens (including phenoxy) is 1. The third kappa shape index (κ3) is 4.44. The fourth-order valence-corrected chi connectivity index (χ4v) is 3.02. The van der Waals surface area contributed by atoms with E-state index in [9.17, 15) is 14.0 Å². The number of anilines is 2. The molecule has 2 aromatic rings. The smallest absolute Gasteiger partial charge is 0.415 e. The van der Waals surface area contributed by atoms with Crippen LogP contribution in [0.3, 0.4) is 0 Å². The average Bonchev–Trinajstić information content (AvgIpc) is 3.08. The standard InChI is InChI=1S/C20H24FN5O3/c1-12(2)16-11-29-20(28)26(16)17-7-8-22-19(24-17)23-10-13-5-6-14(15(21)9-13)18(27)25(3)4/h5-9,12,16H,10-11H2,1-4H3,(H,22,23,24). The molecule has 1 N–H and O–H groups in total. The average molecular weight is 401 g/mol. The van der Waals surface area contributed by atoms with Crippen LogP contribution in [0.1, 0.15) is 29.8 Å². The molecule has 0 spiro atoms. The quantitative estimate of drug-likeness (QED) is 0.801. The molecule has 0 bridgehead atoms. The zero-order valence-corrected chi connectivity index (χ0v) is 16.8. The summed E-state index contributed by atoms with van der Waals surface area (Å²) in [7, 11) is 3.14. The number of cyclic esters (lactones) is 1. The van der Waals surface area contributed by atoms with Gasteiger partial charge in [-0.25, -0.2) is 14.2 Å². The molecule has 1 aromatic carbocycles. The summed E-state index contributed by atoms with van der Waals surface area (Å²) in [4.78, 5) is 35.4. The van der Waals surface area contributed by atoms with Crippen LogP contribution in [0.5, 0.6) is 0 Å². The highest BCUT2D eigenvalue weighted by atomic mass is 19.1. The predicted octanol–water partition coefficient (Wildman–Crippen LogP) is 2.91. The van der Waals surface area contributed by atoms with Crippen molar-refractivity contribution in [1.82, 2.24) is 14.9 Å². The molecule has 0 saturated carbocycles. The molecule has 1 saturated heterocycles. The number of nitrogens with zero attached hydrogens (tertiary/aromatic N) is 4. The minimum atomic E-state index is -0.586. The Morgan fingerprint density at radius 2 is 2.14 bits per heavy atom. The Morgan fingerprint density at radius 1 is 1.38 bits per heavy atom. The highest BCUT2D eigenvalue weighted by molar-refractivity contribution is 5.94. The van der Waals surface area contributed by atoms with Gasteiger partial charge in [-0.05, 0) is 29.7 Å². The van der Waals surface area contributed by atoms with E-state index in [0.717, 1.165) is 0 Å². The predicted molar refractivity (Wildman–Crippen MR) is 106 cm³/mol. The third-order valence-corrected chi connectivity index (χ3v) is 4.68. The van der Waals surface area contributed by atoms with E-state index in [1.165, 1.54) is 21.9 Å². The molecule has 154 valence electrons. The second kappa shape index (κ2) is 8.42. The number of rotatable bonds is 6. The number of amides is 2. The number of carbonyl (C=O) groups is 2. The lowest BCUT2D eigenvalue weighted by molar-refractivity contribution is 0.0823. The normalized spacial score (nSPS) is 16.1. The topological polar surface area (TPSA) is 87.7 Å². The van der Waals surface area contributed by atoms with Gasteiger partial charge in [0.05, 0.1) is 11.6 Å². The molecule has 3 rings (SSSR count). The Kier molecular flexibility index (Phi) is 5.95. The van der Waals surface area contributed by atoms with Crippen molar-refractivity contribution in [2.45, 2.75) is 26.4 Å². The minimum Gasteiger partial charge on any atom is -0.447 e. The number of aromatic nitrogens is 2. The SMILES string of the molecule is CC(C)C1COC(=O)N1c1ccnc(NCc2ccc(C(=O)N(C)C)c(F)c2)n1. The maximum absolute atomic E-state index is 14.3. The lowest BCUT2D eigenvalue weighted by atomic mass is 10.0. The fourth-order valence-electron chi connectivity index (χ4n) is 3.02. The van der Waals surface area contributed by atoms with Crippen LogP contribution in [0.15, 0.2) is 30.5 Å². The van der Waals surface area contributed by atoms with E-state index in [2.05, 4.69) is 15.3 Å². The van der Waals surface area contributed by atoms with Crippen molar-refractivity contribution in [2.24, 2.45) is 5.92 Å². The van der Waals surface area contributed by atoms with E-state index >= 15 is 0 Å². The minimum absolute atomic E-state index is 0.0178. The summed E-state index contributed by atoms with van der Waals surface area (Å²) in [5.41, 5.74) is 0.650. The number of carbonyl (C=O) groups excluding carboxylic acids is 2. The van der Waals surface area contributed by atoms with Crippen LogP contribution in [0.2, 0.25) is 0 Å². The first-order chi connectivity index (χ1) is 13.8. The molecule has 0 radical (unpaired) electrons. The van der Waals surface area contributed by atoms with E-state index < -0.39 is 17.8 Å². The van der Waals surface area contributed by atoms with Gasteiger partial charge in [0.2, 0.25) is 5.95 Å². The van der Waals surface area contributed by atoms with Crippen LogP contribution in [0.4, 0.5) is 21.0 Å². The van der Waals surface area contributed by atoms with Gasteiger partial charge < -0.3 is 15.0 Å². The fraction of sp³-hybridized carbons (Fsp3) is 0.400. The lowest BCUT2D eigenvalue weighted by Crippen LogP contribution is -2.37. The van der Waals surface area contributed by atoms with E-state index in [1.807, 2.05) is 13.8 Å². The first kappa shape index (κ1) is 20.5. The van der Waals surface area contributed by atoms with Gasteiger partial charge in [0.25, 0.3) is 5.91 Å². The maximum atomic E-state index is 14.3. The van der Waals surface area contributed by atoms with Crippen LogP contribution >= 0.6 is 0 Å². The molecule has 1 aromatic heterocycles. The molecule has 29 heavy (non-hydrogen) atoms. The Hall–Kier alpha value is -3.23. The van der Waals surface area contributed by atoms with Gasteiger partial charge in [-0.15, -0.1) is 0 Å². The summed E-state index contributed by atoms with van der Waals surface area (Å²) in [5.74, 6) is -0.0212. The number of benzene rings is 1. The molecule has 1 aliphatic rings. The molecular weight excluding hydrogens is 377 g/mol. The monoisotopic (exact) mass is 401 g/mol. The Bertz CT molecular complexity index is 919. The Labute approximate surface area is 168 Å². The van der Waals surface area contributed by atoms with Crippen molar-refractivity contribution in [2.75, 3.05) is 30.9 Å². The summed E-state index contributed by atoms with van der Waals surface area (Å²) < 4.78 is 19.4. The second-order valence-electron chi connectivity index (χ2n) is 7.36. The molecule has 1 atom stereocenters. The van der Waals surface area contributed by atoms with Crippen molar-refractivity contribution in [3.8, 4) is 0 Å². The highest BCUT2D eigenvalue weighted by Crippen LogP contribution is 2.26. The lowest BCUT2D eigenvalue weighted by Gasteiger charge is -2.23. The van der Waals surface area contributed by atoms with Gasteiger partial charge in [0.1, 0.15) is 18.2 Å². The van der Waals surface area contributed by atoms with Gasteiger partial charge in [0.15, 0.2) is 0 Å². The van der Waals surface area contributed by atoms with E-state index in [-0.39, 0.29) is 24.1 Å². The number of halogens is 1. The molecule has 1 unspecified atom stereocenters. The summed E-state index contributed by atoms with van der Waals surface area (Å²) >= 11 is 0. The molecule has 9 heteroatoms. The largest absolute Gasteiger partial charge is 0.447 e. The van der Waals surface area contributed by atoms with Crippen LogP contribution in [0.25, 0.3) is 0 Å². The first-order valence-corrected chi connectivity index (χ1v) is 9.31. The van der Waals surface area contributed by atoms with Crippen molar-refractivity contribution in [3.63, 3.8) is 0 Å². The number of nitrogens with one attached hydrogen (secondary N) is 1. The van der Waals surface area contributed by atoms with Crippen LogP contribution in [0, 0.1) is 11.7 Å². The van der Waals surface area contributed by atoms with Crippen molar-refractivity contribution >= 4 is 23.8 Å². The molecule has 1 aliphatic heterocycles. The molecule has 0 aliphatic carbocycles. The molecular formula is C20H24FN5O3. The van der Waals surface area contributed by atoms with Gasteiger partial charge >= 0.3 is 6.09 Å². The molecule has 8 nitrogen and oxygen atoms in total. The van der Waals surface area contributed by atoms with Crippen LogP contribution in [-0.2, 0) is 11.3 Å². The van der Waals surface area contributed by atoms with E-state index in [1.54, 1.807) is 32.4 Å². The van der Waals surface area contributed by atoms with Gasteiger partial charge in [-0.1, -0.05) is 19.9 Å². The van der Waals surface area contributed by atoms with Crippen LogP contribution < -0.4 is 10.2 Å². The summed E-state index contributed by atoms with van der Waals surface area (Å²) in [6.45, 7) is 4.61. The molecule has 2 amide bonds. The second-order valence-corrected chi connectivity index (χ2v) is 7.36. The molecule has 2 heterocycles. The van der Waals surface area contributed by atoms with Crippen molar-refractivity contribution < 1.29 is 18.7 Å². The van der Waals surface area contributed by atoms with E-state index in [4.69, 9.17) is 4.74 Å². The maximum Gasteiger partial charge on any atom is 0.415 e. The van der Waals surface area contributed by atoms with Crippen molar-refractivity contribution in [1.29, 1.82) is 0 Å². The van der Waals surface area contributed by atoms with Gasteiger partial charge in [-0.3, -0.25) is 9.69 Å². The zero-order valence-electron chi connectivity index (χ0n) is 16.8. The van der Waals surface area contributed by atoms with Crippen LogP contribution in [-0.4, -0.2) is 53.6 Å². The summed E-state index contributed by atoms with van der Waals surface area (Å²) in [6.07, 6.45) is 1.11. The number of hydrogen-bond acceptors (Lipinski definition) is 6. The number of hydrogen-bond donors (Lipinski definition) is 1.